The number of nitrogens with zero attached hydrogens (tertiary/aromatic N) is 5. The van der Waals surface area contributed by atoms with Crippen molar-refractivity contribution in [2.24, 2.45) is 4.99 Å². The molecule has 1 unspecified atom stereocenters. The van der Waals surface area contributed by atoms with Crippen LogP contribution in [0.3, 0.4) is 0 Å². The molecule has 0 amide bonds. The molecule has 3 aromatic carbocycles. The zero-order valence-electron chi connectivity index (χ0n) is 25.5. The van der Waals surface area contributed by atoms with E-state index in [0.717, 1.165) is 41.4 Å². The summed E-state index contributed by atoms with van der Waals surface area (Å²) < 4.78 is 42.7. The quantitative estimate of drug-likeness (QED) is 0.193. The summed E-state index contributed by atoms with van der Waals surface area (Å²) >= 11 is 7.43. The Bertz CT molecular complexity index is 1650. The van der Waals surface area contributed by atoms with Gasteiger partial charge in [0.2, 0.25) is 0 Å². The molecule has 1 saturated heterocycles. The second-order valence-electron chi connectivity index (χ2n) is 11.3. The first-order valence-corrected chi connectivity index (χ1v) is 16.1. The first kappa shape index (κ1) is 32.5. The van der Waals surface area contributed by atoms with Crippen molar-refractivity contribution < 1.29 is 17.9 Å². The fraction of sp³-hybridized carbons (Fsp3) is 0.333. The molecule has 0 aliphatic carbocycles. The van der Waals surface area contributed by atoms with Gasteiger partial charge < -0.3 is 15.0 Å². The highest BCUT2D eigenvalue weighted by Crippen LogP contribution is 2.33. The molecule has 1 atom stereocenters. The van der Waals surface area contributed by atoms with Crippen molar-refractivity contribution in [3.63, 3.8) is 0 Å². The van der Waals surface area contributed by atoms with E-state index in [1.54, 1.807) is 11.8 Å². The highest BCUT2D eigenvalue weighted by Gasteiger charge is 2.31. The van der Waals surface area contributed by atoms with E-state index in [9.17, 15) is 13.2 Å². The van der Waals surface area contributed by atoms with Gasteiger partial charge in [0.25, 0.3) is 0 Å². The number of nitrogens with one attached hydrogen (secondary N) is 1. The predicted octanol–water partition coefficient (Wildman–Crippen LogP) is 8.07. The summed E-state index contributed by atoms with van der Waals surface area (Å²) in [6, 6.07) is 20.1. The summed E-state index contributed by atoms with van der Waals surface area (Å²) in [7, 11) is 0. The molecule has 12 heteroatoms. The molecule has 4 aromatic rings. The number of rotatable bonds is 8. The van der Waals surface area contributed by atoms with Crippen LogP contribution in [0.4, 0.5) is 18.9 Å². The lowest BCUT2D eigenvalue weighted by atomic mass is 9.98. The van der Waals surface area contributed by atoms with Gasteiger partial charge in [0.1, 0.15) is 12.1 Å². The number of thioether (sulfide) groups is 1. The summed E-state index contributed by atoms with van der Waals surface area (Å²) in [6.45, 7) is 9.55. The zero-order valence-corrected chi connectivity index (χ0v) is 27.1. The third kappa shape index (κ3) is 8.64. The van der Waals surface area contributed by atoms with Gasteiger partial charge >= 0.3 is 6.36 Å². The van der Waals surface area contributed by atoms with Gasteiger partial charge in [-0.2, -0.15) is 4.99 Å². The third-order valence-electron chi connectivity index (χ3n) is 7.23. The monoisotopic (exact) mass is 652 g/mol. The van der Waals surface area contributed by atoms with Crippen LogP contribution in [-0.4, -0.2) is 49.7 Å². The lowest BCUT2D eigenvalue weighted by Crippen LogP contribution is -2.38. The van der Waals surface area contributed by atoms with Crippen molar-refractivity contribution in [1.82, 2.24) is 20.1 Å². The van der Waals surface area contributed by atoms with E-state index in [-0.39, 0.29) is 11.8 Å². The number of hydrogen-bond acceptors (Lipinski definition) is 5. The molecule has 1 aliphatic rings. The van der Waals surface area contributed by atoms with Gasteiger partial charge in [-0.25, -0.2) is 9.67 Å². The van der Waals surface area contributed by atoms with E-state index < -0.39 is 6.36 Å². The van der Waals surface area contributed by atoms with E-state index >= 15 is 0 Å². The van der Waals surface area contributed by atoms with Gasteiger partial charge in [-0.15, -0.1) is 18.3 Å². The first-order valence-electron chi connectivity index (χ1n) is 14.7. The largest absolute Gasteiger partial charge is 0.573 e. The van der Waals surface area contributed by atoms with Crippen LogP contribution in [0.25, 0.3) is 17.1 Å². The molecular formula is C33H35F3N6OS2. The standard InChI is InChI=1S/C33H35F3N6OS2/c1-21(2)28-15-6-22(3)18-29(28)41-16-5-17-45-32(41)39-31(44)38-23(4)19-24-7-9-25(10-8-24)30-37-20-42(40-30)26-11-13-27(14-12-26)43-33(34,35)36/h6-15,18,20-21,23H,5,16-17,19H2,1-4H3,(H,38,44). The van der Waals surface area contributed by atoms with Gasteiger partial charge in [-0.1, -0.05) is 62.0 Å². The molecule has 2 heterocycles. The number of ether oxygens (including phenoxy) is 1. The smallest absolute Gasteiger partial charge is 0.406 e. The van der Waals surface area contributed by atoms with Crippen LogP contribution in [0, 0.1) is 6.92 Å². The third-order valence-corrected chi connectivity index (χ3v) is 8.51. The minimum absolute atomic E-state index is 0.0570. The summed E-state index contributed by atoms with van der Waals surface area (Å²) in [5.74, 6) is 1.62. The molecule has 45 heavy (non-hydrogen) atoms. The molecule has 5 rings (SSSR count). The highest BCUT2D eigenvalue weighted by molar-refractivity contribution is 8.14. The number of aliphatic imine (C=N–C) groups is 1. The maximum absolute atomic E-state index is 12.4. The summed E-state index contributed by atoms with van der Waals surface area (Å²) in [6.07, 6.45) is -1.39. The molecule has 1 fully saturated rings. The molecule has 236 valence electrons. The molecule has 7 nitrogen and oxygen atoms in total. The first-order chi connectivity index (χ1) is 21.4. The molecule has 1 aliphatic heterocycles. The Hall–Kier alpha value is -3.90. The van der Waals surface area contributed by atoms with Crippen LogP contribution in [0.5, 0.6) is 5.75 Å². The highest BCUT2D eigenvalue weighted by atomic mass is 32.2. The van der Waals surface area contributed by atoms with Gasteiger partial charge in [0.05, 0.1) is 5.69 Å². The predicted molar refractivity (Wildman–Crippen MR) is 180 cm³/mol. The van der Waals surface area contributed by atoms with Crippen LogP contribution in [0.1, 0.15) is 49.8 Å². The number of amidine groups is 1. The number of benzene rings is 3. The Morgan fingerprint density at radius 3 is 2.49 bits per heavy atom. The van der Waals surface area contributed by atoms with Crippen molar-refractivity contribution in [2.45, 2.75) is 58.9 Å². The fourth-order valence-electron chi connectivity index (χ4n) is 5.10. The molecule has 1 aromatic heterocycles. The normalized spacial score (nSPS) is 15.4. The Morgan fingerprint density at radius 2 is 1.80 bits per heavy atom. The molecule has 0 bridgehead atoms. The van der Waals surface area contributed by atoms with Crippen molar-refractivity contribution in [2.75, 3.05) is 17.2 Å². The zero-order chi connectivity index (χ0) is 32.1. The second kappa shape index (κ2) is 14.0. The number of anilines is 1. The van der Waals surface area contributed by atoms with Crippen molar-refractivity contribution in [3.8, 4) is 22.8 Å². The summed E-state index contributed by atoms with van der Waals surface area (Å²) in [4.78, 5) is 11.5. The van der Waals surface area contributed by atoms with E-state index in [2.05, 4.69) is 70.9 Å². The van der Waals surface area contributed by atoms with Gasteiger partial charge in [-0.3, -0.25) is 0 Å². The number of halogens is 3. The second-order valence-corrected chi connectivity index (χ2v) is 12.7. The van der Waals surface area contributed by atoms with Gasteiger partial charge in [0, 0.05) is 29.6 Å². The number of hydrogen-bond donors (Lipinski definition) is 1. The van der Waals surface area contributed by atoms with Crippen LogP contribution in [-0.2, 0) is 6.42 Å². The van der Waals surface area contributed by atoms with Crippen LogP contribution >= 0.6 is 24.0 Å². The molecule has 1 N–H and O–H groups in total. The minimum atomic E-state index is -4.74. The Kier molecular flexibility index (Phi) is 10.1. The number of aromatic nitrogens is 3. The molecule has 0 spiro atoms. The Balaban J connectivity index is 1.20. The molecule has 0 saturated carbocycles. The minimum Gasteiger partial charge on any atom is -0.406 e. The lowest BCUT2D eigenvalue weighted by molar-refractivity contribution is -0.274. The van der Waals surface area contributed by atoms with Gasteiger partial charge in [-0.05, 0) is 91.8 Å². The van der Waals surface area contributed by atoms with E-state index in [1.165, 1.54) is 52.1 Å². The number of thiocarbonyl (C=S) groups is 1. The number of alkyl halides is 3. The van der Waals surface area contributed by atoms with E-state index in [1.807, 2.05) is 24.3 Å². The topological polar surface area (TPSA) is 67.6 Å². The van der Waals surface area contributed by atoms with E-state index in [0.29, 0.717) is 22.5 Å². The fourth-order valence-corrected chi connectivity index (χ4v) is 6.40. The van der Waals surface area contributed by atoms with E-state index in [4.69, 9.17) is 17.2 Å². The van der Waals surface area contributed by atoms with Crippen molar-refractivity contribution in [3.05, 3.63) is 89.7 Å². The maximum Gasteiger partial charge on any atom is 0.573 e. The van der Waals surface area contributed by atoms with Crippen molar-refractivity contribution >= 4 is 39.9 Å². The average molecular weight is 653 g/mol. The Morgan fingerprint density at radius 1 is 1.07 bits per heavy atom. The van der Waals surface area contributed by atoms with Crippen molar-refractivity contribution in [1.29, 1.82) is 0 Å². The van der Waals surface area contributed by atoms with Crippen LogP contribution in [0.2, 0.25) is 0 Å². The Labute approximate surface area is 270 Å². The van der Waals surface area contributed by atoms with Gasteiger partial charge in [0.15, 0.2) is 16.1 Å². The maximum atomic E-state index is 12.4. The molecule has 0 radical (unpaired) electrons. The summed E-state index contributed by atoms with van der Waals surface area (Å²) in [5.41, 5.74) is 6.24. The van der Waals surface area contributed by atoms with Crippen LogP contribution < -0.4 is 15.0 Å². The lowest BCUT2D eigenvalue weighted by Gasteiger charge is -2.32. The molecular weight excluding hydrogens is 618 g/mol. The SMILES string of the molecule is Cc1ccc(C(C)C)c(N2CCCSC2=NC(=S)NC(C)Cc2ccc(-c3ncn(-c4ccc(OC(F)(F)F)cc4)n3)cc2)c1. The van der Waals surface area contributed by atoms with Crippen LogP contribution in [0.15, 0.2) is 78.0 Å². The number of aryl methyl sites for hydroxylation is 1. The summed E-state index contributed by atoms with van der Waals surface area (Å²) in [5, 5.41) is 9.27. The average Bonchev–Trinajstić information content (AvgIpc) is 3.47.